The van der Waals surface area contributed by atoms with Crippen molar-refractivity contribution in [1.29, 1.82) is 0 Å². The van der Waals surface area contributed by atoms with Gasteiger partial charge in [0.1, 0.15) is 0 Å². The summed E-state index contributed by atoms with van der Waals surface area (Å²) in [7, 11) is 2.14. The van der Waals surface area contributed by atoms with E-state index in [0.717, 1.165) is 19.5 Å². The number of carbonyl (C=O) groups is 1. The van der Waals surface area contributed by atoms with Gasteiger partial charge in [0, 0.05) is 13.1 Å². The maximum absolute atomic E-state index is 11.8. The van der Waals surface area contributed by atoms with Crippen LogP contribution in [0.25, 0.3) is 0 Å². The molecular weight excluding hydrogens is 214 g/mol. The molecular formula is C13H27N3O. The third-order valence-corrected chi connectivity index (χ3v) is 3.85. The largest absolute Gasteiger partial charge is 0.354 e. The summed E-state index contributed by atoms with van der Waals surface area (Å²) in [5.41, 5.74) is 5.89. The average Bonchev–Trinajstić information content (AvgIpc) is 2.34. The van der Waals surface area contributed by atoms with Gasteiger partial charge in [-0.25, -0.2) is 0 Å². The van der Waals surface area contributed by atoms with Crippen LogP contribution in [-0.2, 0) is 4.79 Å². The predicted octanol–water partition coefficient (Wildman–Crippen LogP) is 0.818. The normalized spacial score (nSPS) is 25.3. The molecule has 1 saturated heterocycles. The Bertz CT molecular complexity index is 245. The van der Waals surface area contributed by atoms with E-state index in [2.05, 4.69) is 24.2 Å². The van der Waals surface area contributed by atoms with E-state index in [4.69, 9.17) is 5.73 Å². The van der Waals surface area contributed by atoms with Crippen LogP contribution >= 0.6 is 0 Å². The number of nitrogens with one attached hydrogen (secondary N) is 1. The number of hydrogen-bond acceptors (Lipinski definition) is 3. The Morgan fingerprint density at radius 3 is 2.88 bits per heavy atom. The predicted molar refractivity (Wildman–Crippen MR) is 70.7 cm³/mol. The van der Waals surface area contributed by atoms with E-state index in [0.29, 0.717) is 5.92 Å². The molecule has 0 aromatic rings. The highest BCUT2D eigenvalue weighted by Crippen LogP contribution is 2.14. The van der Waals surface area contributed by atoms with Crippen LogP contribution in [0.5, 0.6) is 0 Å². The van der Waals surface area contributed by atoms with Gasteiger partial charge in [-0.15, -0.1) is 0 Å². The summed E-state index contributed by atoms with van der Waals surface area (Å²) < 4.78 is 0. The summed E-state index contributed by atoms with van der Waals surface area (Å²) in [6, 6.07) is -0.360. The van der Waals surface area contributed by atoms with Gasteiger partial charge < -0.3 is 16.0 Å². The minimum Gasteiger partial charge on any atom is -0.354 e. The number of hydrogen-bond donors (Lipinski definition) is 2. The van der Waals surface area contributed by atoms with Crippen molar-refractivity contribution in [2.75, 3.05) is 26.7 Å². The molecule has 3 atom stereocenters. The molecule has 4 heteroatoms. The molecule has 2 unspecified atom stereocenters. The molecule has 1 aliphatic heterocycles. The zero-order valence-electron chi connectivity index (χ0n) is 11.4. The third kappa shape index (κ3) is 4.64. The fourth-order valence-electron chi connectivity index (χ4n) is 2.31. The number of nitrogens with zero attached hydrogens (tertiary/aromatic N) is 1. The summed E-state index contributed by atoms with van der Waals surface area (Å²) in [5, 5.41) is 3.00. The molecule has 1 fully saturated rings. The number of piperidine rings is 1. The minimum atomic E-state index is -0.360. The fourth-order valence-corrected chi connectivity index (χ4v) is 2.31. The lowest BCUT2D eigenvalue weighted by atomic mass is 9.97. The number of nitrogens with two attached hydrogens (primary N) is 1. The molecule has 0 radical (unpaired) electrons. The Balaban J connectivity index is 2.27. The van der Waals surface area contributed by atoms with Gasteiger partial charge >= 0.3 is 0 Å². The van der Waals surface area contributed by atoms with Crippen LogP contribution in [-0.4, -0.2) is 43.5 Å². The van der Waals surface area contributed by atoms with Crippen LogP contribution < -0.4 is 11.1 Å². The number of rotatable bonds is 5. The van der Waals surface area contributed by atoms with Crippen molar-refractivity contribution in [2.45, 2.75) is 39.2 Å². The lowest BCUT2D eigenvalue weighted by Gasteiger charge is -2.30. The van der Waals surface area contributed by atoms with Gasteiger partial charge in [0.15, 0.2) is 0 Å². The molecule has 100 valence electrons. The van der Waals surface area contributed by atoms with E-state index in [9.17, 15) is 4.79 Å². The zero-order chi connectivity index (χ0) is 12.8. The van der Waals surface area contributed by atoms with Crippen molar-refractivity contribution >= 4 is 5.91 Å². The van der Waals surface area contributed by atoms with Crippen LogP contribution in [0, 0.1) is 11.8 Å². The maximum Gasteiger partial charge on any atom is 0.237 e. The molecule has 1 amide bonds. The van der Waals surface area contributed by atoms with Gasteiger partial charge in [-0.1, -0.05) is 20.3 Å². The van der Waals surface area contributed by atoms with E-state index in [1.54, 1.807) is 0 Å². The summed E-state index contributed by atoms with van der Waals surface area (Å²) in [4.78, 5) is 14.1. The second-order valence-electron chi connectivity index (χ2n) is 5.43. The van der Waals surface area contributed by atoms with E-state index in [-0.39, 0.29) is 17.9 Å². The number of amides is 1. The first-order valence-corrected chi connectivity index (χ1v) is 6.76. The van der Waals surface area contributed by atoms with Crippen LogP contribution in [0.1, 0.15) is 33.1 Å². The molecule has 1 rings (SSSR count). The van der Waals surface area contributed by atoms with Crippen molar-refractivity contribution in [3.63, 3.8) is 0 Å². The molecule has 1 heterocycles. The van der Waals surface area contributed by atoms with Crippen molar-refractivity contribution in [3.05, 3.63) is 0 Å². The topological polar surface area (TPSA) is 58.4 Å². The van der Waals surface area contributed by atoms with Crippen molar-refractivity contribution < 1.29 is 4.79 Å². The standard InChI is InChI=1S/C13H27N3O/c1-4-10(2)12(14)13(17)15-8-11-6-5-7-16(3)9-11/h10-12H,4-9,14H2,1-3H3,(H,15,17)/t10?,11?,12-/m0/s1. The summed E-state index contributed by atoms with van der Waals surface area (Å²) >= 11 is 0. The van der Waals surface area contributed by atoms with Gasteiger partial charge in [-0.05, 0) is 38.3 Å². The molecule has 0 aliphatic carbocycles. The van der Waals surface area contributed by atoms with E-state index >= 15 is 0 Å². The summed E-state index contributed by atoms with van der Waals surface area (Å²) in [6.07, 6.45) is 3.39. The second kappa shape index (κ2) is 6.97. The first kappa shape index (κ1) is 14.5. The highest BCUT2D eigenvalue weighted by molar-refractivity contribution is 5.81. The molecule has 3 N–H and O–H groups in total. The molecule has 0 spiro atoms. The summed E-state index contributed by atoms with van der Waals surface area (Å²) in [5.74, 6) is 0.846. The van der Waals surface area contributed by atoms with E-state index in [1.165, 1.54) is 19.4 Å². The van der Waals surface area contributed by atoms with Crippen molar-refractivity contribution in [2.24, 2.45) is 17.6 Å². The SMILES string of the molecule is CCC(C)[C@H](N)C(=O)NCC1CCCN(C)C1. The Kier molecular flexibility index (Phi) is 5.92. The van der Waals surface area contributed by atoms with E-state index < -0.39 is 0 Å². The Morgan fingerprint density at radius 2 is 2.29 bits per heavy atom. The molecule has 0 aromatic heterocycles. The van der Waals surface area contributed by atoms with Gasteiger partial charge in [0.25, 0.3) is 0 Å². The Morgan fingerprint density at radius 1 is 1.59 bits per heavy atom. The van der Waals surface area contributed by atoms with Crippen molar-refractivity contribution in [1.82, 2.24) is 10.2 Å². The Labute approximate surface area is 105 Å². The molecule has 0 saturated carbocycles. The molecule has 0 aromatic carbocycles. The minimum absolute atomic E-state index is 0.00702. The third-order valence-electron chi connectivity index (χ3n) is 3.85. The van der Waals surface area contributed by atoms with Crippen LogP contribution in [0.3, 0.4) is 0 Å². The lowest BCUT2D eigenvalue weighted by molar-refractivity contribution is -0.123. The second-order valence-corrected chi connectivity index (χ2v) is 5.43. The first-order valence-electron chi connectivity index (χ1n) is 6.76. The average molecular weight is 241 g/mol. The molecule has 1 aliphatic rings. The van der Waals surface area contributed by atoms with E-state index in [1.807, 2.05) is 6.92 Å². The maximum atomic E-state index is 11.8. The highest BCUT2D eigenvalue weighted by Gasteiger charge is 2.22. The van der Waals surface area contributed by atoms with Crippen LogP contribution in [0.4, 0.5) is 0 Å². The van der Waals surface area contributed by atoms with Crippen molar-refractivity contribution in [3.8, 4) is 0 Å². The highest BCUT2D eigenvalue weighted by atomic mass is 16.2. The van der Waals surface area contributed by atoms with Gasteiger partial charge in [0.2, 0.25) is 5.91 Å². The Hall–Kier alpha value is -0.610. The smallest absolute Gasteiger partial charge is 0.237 e. The molecule has 0 bridgehead atoms. The fraction of sp³-hybridized carbons (Fsp3) is 0.923. The van der Waals surface area contributed by atoms with Crippen LogP contribution in [0.2, 0.25) is 0 Å². The monoisotopic (exact) mass is 241 g/mol. The molecule has 17 heavy (non-hydrogen) atoms. The first-order chi connectivity index (χ1) is 8.04. The van der Waals surface area contributed by atoms with Crippen LogP contribution in [0.15, 0.2) is 0 Å². The molecule has 4 nitrogen and oxygen atoms in total. The zero-order valence-corrected chi connectivity index (χ0v) is 11.4. The summed E-state index contributed by atoms with van der Waals surface area (Å²) in [6.45, 7) is 7.12. The van der Waals surface area contributed by atoms with Gasteiger partial charge in [-0.2, -0.15) is 0 Å². The van der Waals surface area contributed by atoms with Gasteiger partial charge in [0.05, 0.1) is 6.04 Å². The lowest BCUT2D eigenvalue weighted by Crippen LogP contribution is -2.47. The van der Waals surface area contributed by atoms with Gasteiger partial charge in [-0.3, -0.25) is 4.79 Å². The quantitative estimate of drug-likeness (QED) is 0.749. The number of carbonyl (C=O) groups excluding carboxylic acids is 1. The number of likely N-dealkylation sites (tertiary alicyclic amines) is 1.